The summed E-state index contributed by atoms with van der Waals surface area (Å²) in [6.07, 6.45) is 6.13. The van der Waals surface area contributed by atoms with Gasteiger partial charge in [0.15, 0.2) is 5.16 Å². The van der Waals surface area contributed by atoms with E-state index in [0.717, 1.165) is 11.7 Å². The molecule has 2 rings (SSSR count). The number of ether oxygens (including phenoxy) is 1. The molecular formula is C10H15N3OS. The van der Waals surface area contributed by atoms with Crippen molar-refractivity contribution in [2.45, 2.75) is 24.0 Å². The van der Waals surface area contributed by atoms with Crippen molar-refractivity contribution >= 4 is 11.8 Å². The first kappa shape index (κ1) is 10.7. The number of hydrogen-bond donors (Lipinski definition) is 1. The first-order valence-corrected chi connectivity index (χ1v) is 6.34. The van der Waals surface area contributed by atoms with Gasteiger partial charge < -0.3 is 10.1 Å². The Balaban J connectivity index is 1.86. The molecule has 0 saturated carbocycles. The summed E-state index contributed by atoms with van der Waals surface area (Å²) in [7, 11) is 0. The molecule has 1 aromatic heterocycles. The van der Waals surface area contributed by atoms with Gasteiger partial charge in [-0.25, -0.2) is 4.98 Å². The molecule has 0 aliphatic carbocycles. The van der Waals surface area contributed by atoms with Crippen LogP contribution in [0.4, 0.5) is 0 Å². The highest BCUT2D eigenvalue weighted by Crippen LogP contribution is 2.13. The van der Waals surface area contributed by atoms with E-state index in [1.54, 1.807) is 12.3 Å². The Morgan fingerprint density at radius 3 is 3.33 bits per heavy atom. The van der Waals surface area contributed by atoms with Gasteiger partial charge in [-0.3, -0.25) is 0 Å². The summed E-state index contributed by atoms with van der Waals surface area (Å²) in [5.41, 5.74) is 0. The van der Waals surface area contributed by atoms with Gasteiger partial charge in [0.05, 0.1) is 0 Å². The van der Waals surface area contributed by atoms with Gasteiger partial charge in [-0.1, -0.05) is 11.8 Å². The number of aromatic nitrogens is 2. The maximum atomic E-state index is 5.61. The fraction of sp³-hybridized carbons (Fsp3) is 0.600. The molecule has 5 heteroatoms. The van der Waals surface area contributed by atoms with E-state index < -0.39 is 0 Å². The summed E-state index contributed by atoms with van der Waals surface area (Å²) in [4.78, 5) is 8.35. The molecule has 0 radical (unpaired) electrons. The minimum Gasteiger partial charge on any atom is -0.476 e. The van der Waals surface area contributed by atoms with Gasteiger partial charge in [-0.15, -0.1) is 0 Å². The third-order valence-electron chi connectivity index (χ3n) is 2.39. The highest BCUT2D eigenvalue weighted by molar-refractivity contribution is 7.98. The fourth-order valence-electron chi connectivity index (χ4n) is 1.59. The van der Waals surface area contributed by atoms with Crippen molar-refractivity contribution in [2.75, 3.05) is 19.4 Å². The van der Waals surface area contributed by atoms with Crippen molar-refractivity contribution < 1.29 is 4.74 Å². The van der Waals surface area contributed by atoms with Crippen LogP contribution in [-0.4, -0.2) is 35.4 Å². The van der Waals surface area contributed by atoms with Crippen molar-refractivity contribution in [1.29, 1.82) is 0 Å². The van der Waals surface area contributed by atoms with Crippen LogP contribution in [0, 0.1) is 0 Å². The van der Waals surface area contributed by atoms with Crippen molar-refractivity contribution in [3.8, 4) is 5.88 Å². The normalized spacial score (nSPS) is 20.5. The summed E-state index contributed by atoms with van der Waals surface area (Å²) in [6.45, 7) is 1.80. The van der Waals surface area contributed by atoms with E-state index in [1.807, 2.05) is 6.26 Å². The standard InChI is InChI=1S/C10H15N3OS/c1-15-10-12-6-4-9(13-10)14-7-8-3-2-5-11-8/h4,6,8,11H,2-3,5,7H2,1H3/t8-/m0/s1. The van der Waals surface area contributed by atoms with Gasteiger partial charge in [0, 0.05) is 18.3 Å². The Kier molecular flexibility index (Phi) is 3.80. The summed E-state index contributed by atoms with van der Waals surface area (Å²) in [5.74, 6) is 0.669. The molecule has 0 spiro atoms. The zero-order valence-electron chi connectivity index (χ0n) is 8.77. The second-order valence-corrected chi connectivity index (χ2v) is 4.26. The monoisotopic (exact) mass is 225 g/mol. The molecule has 0 bridgehead atoms. The molecule has 1 saturated heterocycles. The van der Waals surface area contributed by atoms with Crippen LogP contribution in [0.15, 0.2) is 17.4 Å². The fourth-order valence-corrected chi connectivity index (χ4v) is 1.94. The van der Waals surface area contributed by atoms with Crippen molar-refractivity contribution in [1.82, 2.24) is 15.3 Å². The number of rotatable bonds is 4. The molecule has 82 valence electrons. The SMILES string of the molecule is CSc1nccc(OC[C@@H]2CCCN2)n1. The summed E-state index contributed by atoms with van der Waals surface area (Å²) >= 11 is 1.52. The lowest BCUT2D eigenvalue weighted by Gasteiger charge is -2.11. The van der Waals surface area contributed by atoms with E-state index in [2.05, 4.69) is 15.3 Å². The van der Waals surface area contributed by atoms with Crippen LogP contribution in [0.3, 0.4) is 0 Å². The molecule has 0 amide bonds. The molecule has 2 heterocycles. The van der Waals surface area contributed by atoms with Crippen LogP contribution in [0.25, 0.3) is 0 Å². The lowest BCUT2D eigenvalue weighted by molar-refractivity contribution is 0.265. The molecule has 1 N–H and O–H groups in total. The molecule has 1 aliphatic rings. The van der Waals surface area contributed by atoms with Crippen molar-refractivity contribution in [2.24, 2.45) is 0 Å². The molecule has 1 aromatic rings. The molecule has 0 unspecified atom stereocenters. The zero-order chi connectivity index (χ0) is 10.5. The van der Waals surface area contributed by atoms with Gasteiger partial charge in [0.25, 0.3) is 0 Å². The van der Waals surface area contributed by atoms with Gasteiger partial charge >= 0.3 is 0 Å². The molecule has 1 fully saturated rings. The summed E-state index contributed by atoms with van der Waals surface area (Å²) in [6, 6.07) is 2.28. The Hall–Kier alpha value is -0.810. The van der Waals surface area contributed by atoms with E-state index in [0.29, 0.717) is 18.5 Å². The quantitative estimate of drug-likeness (QED) is 0.619. The largest absolute Gasteiger partial charge is 0.476 e. The third kappa shape index (κ3) is 3.07. The third-order valence-corrected chi connectivity index (χ3v) is 2.95. The van der Waals surface area contributed by atoms with Crippen LogP contribution in [0.5, 0.6) is 5.88 Å². The summed E-state index contributed by atoms with van der Waals surface area (Å²) < 4.78 is 5.61. The molecule has 15 heavy (non-hydrogen) atoms. The van der Waals surface area contributed by atoms with Gasteiger partial charge in [-0.05, 0) is 25.6 Å². The highest BCUT2D eigenvalue weighted by Gasteiger charge is 2.14. The minimum absolute atomic E-state index is 0.484. The minimum atomic E-state index is 0.484. The number of nitrogens with one attached hydrogen (secondary N) is 1. The van der Waals surface area contributed by atoms with Crippen LogP contribution in [0.1, 0.15) is 12.8 Å². The van der Waals surface area contributed by atoms with Crippen molar-refractivity contribution in [3.05, 3.63) is 12.3 Å². The van der Waals surface area contributed by atoms with E-state index in [4.69, 9.17) is 4.74 Å². The Labute approximate surface area is 93.8 Å². The predicted octanol–water partition coefficient (Wildman–Crippen LogP) is 1.33. The average molecular weight is 225 g/mol. The van der Waals surface area contributed by atoms with Crippen molar-refractivity contribution in [3.63, 3.8) is 0 Å². The Bertz CT molecular complexity index is 315. The van der Waals surface area contributed by atoms with Gasteiger partial charge in [0.1, 0.15) is 6.61 Å². The van der Waals surface area contributed by atoms with E-state index in [-0.39, 0.29) is 0 Å². The van der Waals surface area contributed by atoms with E-state index >= 15 is 0 Å². The van der Waals surface area contributed by atoms with E-state index in [9.17, 15) is 0 Å². The predicted molar refractivity (Wildman–Crippen MR) is 60.3 cm³/mol. The summed E-state index contributed by atoms with van der Waals surface area (Å²) in [5, 5.41) is 4.14. The second kappa shape index (κ2) is 5.32. The number of hydrogen-bond acceptors (Lipinski definition) is 5. The molecule has 1 aliphatic heterocycles. The van der Waals surface area contributed by atoms with Gasteiger partial charge in [-0.2, -0.15) is 4.98 Å². The maximum absolute atomic E-state index is 5.61. The Morgan fingerprint density at radius 2 is 2.60 bits per heavy atom. The topological polar surface area (TPSA) is 47.0 Å². The van der Waals surface area contributed by atoms with Crippen LogP contribution >= 0.6 is 11.8 Å². The maximum Gasteiger partial charge on any atom is 0.217 e. The number of thioether (sulfide) groups is 1. The lowest BCUT2D eigenvalue weighted by Crippen LogP contribution is -2.28. The Morgan fingerprint density at radius 1 is 1.67 bits per heavy atom. The average Bonchev–Trinajstić information content (AvgIpc) is 2.79. The molecule has 1 atom stereocenters. The first-order chi connectivity index (χ1) is 7.38. The molecule has 0 aromatic carbocycles. The lowest BCUT2D eigenvalue weighted by atomic mass is 10.2. The second-order valence-electron chi connectivity index (χ2n) is 3.49. The highest BCUT2D eigenvalue weighted by atomic mass is 32.2. The van der Waals surface area contributed by atoms with Crippen LogP contribution in [-0.2, 0) is 0 Å². The van der Waals surface area contributed by atoms with E-state index in [1.165, 1.54) is 24.6 Å². The van der Waals surface area contributed by atoms with Crippen LogP contribution in [0.2, 0.25) is 0 Å². The molecular weight excluding hydrogens is 210 g/mol. The first-order valence-electron chi connectivity index (χ1n) is 5.11. The number of nitrogens with zero attached hydrogens (tertiary/aromatic N) is 2. The van der Waals surface area contributed by atoms with Gasteiger partial charge in [0.2, 0.25) is 5.88 Å². The van der Waals surface area contributed by atoms with Crippen LogP contribution < -0.4 is 10.1 Å². The zero-order valence-corrected chi connectivity index (χ0v) is 9.59. The molecule has 4 nitrogen and oxygen atoms in total. The smallest absolute Gasteiger partial charge is 0.217 e.